The van der Waals surface area contributed by atoms with Gasteiger partial charge in [-0.25, -0.2) is 15.0 Å². The number of hydrogen-bond donors (Lipinski definition) is 3. The molecule has 1 aromatic carbocycles. The summed E-state index contributed by atoms with van der Waals surface area (Å²) in [6.45, 7) is 7.56. The molecule has 0 saturated heterocycles. The molecular weight excluding hydrogens is 455 g/mol. The van der Waals surface area contributed by atoms with Crippen molar-refractivity contribution in [3.05, 3.63) is 59.7 Å². The Morgan fingerprint density at radius 2 is 1.96 bits per heavy atom. The van der Waals surface area contributed by atoms with Gasteiger partial charge in [0, 0.05) is 6.54 Å². The Kier molecular flexibility index (Phi) is 7.83. The minimum Gasteiger partial charge on any atom is -0.444 e. The van der Waals surface area contributed by atoms with Crippen molar-refractivity contribution in [2.75, 3.05) is 6.54 Å². The van der Waals surface area contributed by atoms with Crippen molar-refractivity contribution >= 4 is 29.9 Å². The van der Waals surface area contributed by atoms with Gasteiger partial charge < -0.3 is 20.0 Å². The highest BCUT2D eigenvalue weighted by molar-refractivity contribution is 14.0. The molecule has 2 aromatic heterocycles. The Morgan fingerprint density at radius 3 is 2.63 bits per heavy atom. The summed E-state index contributed by atoms with van der Waals surface area (Å²) in [5.41, 5.74) is 3.00. The Labute approximate surface area is 176 Å². The van der Waals surface area contributed by atoms with Crippen LogP contribution in [0.1, 0.15) is 30.1 Å². The standard InChI is InChI=1S/C19H24N6O.HI/c1-4-20-19(23-12-18-24-13(2)14(3)26-18)22-11-17-21-10-16(25-17)15-8-6-5-7-9-15;/h5-10H,4,11-12H2,1-3H3,(H,21,25)(H2,20,22,23);1H. The molecule has 27 heavy (non-hydrogen) atoms. The number of rotatable bonds is 6. The van der Waals surface area contributed by atoms with E-state index in [2.05, 4.69) is 30.6 Å². The second kappa shape index (κ2) is 10.1. The molecule has 0 aliphatic heterocycles. The van der Waals surface area contributed by atoms with Crippen LogP contribution in [0.3, 0.4) is 0 Å². The molecule has 0 aliphatic carbocycles. The third-order valence-electron chi connectivity index (χ3n) is 3.92. The summed E-state index contributed by atoms with van der Waals surface area (Å²) in [4.78, 5) is 16.6. The van der Waals surface area contributed by atoms with Crippen molar-refractivity contribution in [2.24, 2.45) is 4.99 Å². The van der Waals surface area contributed by atoms with Crippen molar-refractivity contribution in [3.8, 4) is 11.3 Å². The van der Waals surface area contributed by atoms with Crippen LogP contribution in [0.4, 0.5) is 0 Å². The number of hydrogen-bond acceptors (Lipinski definition) is 4. The zero-order valence-corrected chi connectivity index (χ0v) is 18.1. The second-order valence-electron chi connectivity index (χ2n) is 5.91. The lowest BCUT2D eigenvalue weighted by Crippen LogP contribution is -2.36. The molecule has 0 atom stereocenters. The van der Waals surface area contributed by atoms with Gasteiger partial charge in [0.05, 0.1) is 24.1 Å². The number of aliphatic imine (C=N–C) groups is 1. The highest BCUT2D eigenvalue weighted by Crippen LogP contribution is 2.16. The van der Waals surface area contributed by atoms with Crippen LogP contribution in [0.25, 0.3) is 11.3 Å². The first-order valence-corrected chi connectivity index (χ1v) is 8.70. The maximum absolute atomic E-state index is 5.58. The normalized spacial score (nSPS) is 11.1. The van der Waals surface area contributed by atoms with Gasteiger partial charge in [0.25, 0.3) is 0 Å². The van der Waals surface area contributed by atoms with E-state index in [1.165, 1.54) is 0 Å². The highest BCUT2D eigenvalue weighted by atomic mass is 127. The number of aromatic amines is 1. The molecule has 0 unspecified atom stereocenters. The van der Waals surface area contributed by atoms with Gasteiger partial charge >= 0.3 is 0 Å². The van der Waals surface area contributed by atoms with Crippen LogP contribution in [-0.4, -0.2) is 27.5 Å². The molecule has 0 amide bonds. The van der Waals surface area contributed by atoms with E-state index in [9.17, 15) is 0 Å². The first kappa shape index (κ1) is 20.9. The number of halogens is 1. The number of guanidine groups is 1. The van der Waals surface area contributed by atoms with Gasteiger partial charge in [-0.2, -0.15) is 0 Å². The molecule has 3 N–H and O–H groups in total. The monoisotopic (exact) mass is 480 g/mol. The topological polar surface area (TPSA) is 91.1 Å². The average molecular weight is 480 g/mol. The van der Waals surface area contributed by atoms with Gasteiger partial charge in [-0.1, -0.05) is 30.3 Å². The van der Waals surface area contributed by atoms with Gasteiger partial charge in [-0.15, -0.1) is 24.0 Å². The maximum Gasteiger partial charge on any atom is 0.214 e. The lowest BCUT2D eigenvalue weighted by Gasteiger charge is -2.09. The van der Waals surface area contributed by atoms with Gasteiger partial charge in [-0.3, -0.25) is 0 Å². The summed E-state index contributed by atoms with van der Waals surface area (Å²) in [6.07, 6.45) is 1.83. The van der Waals surface area contributed by atoms with Gasteiger partial charge in [-0.05, 0) is 26.3 Å². The quantitative estimate of drug-likeness (QED) is 0.285. The molecule has 0 spiro atoms. The van der Waals surface area contributed by atoms with E-state index < -0.39 is 0 Å². The predicted octanol–water partition coefficient (Wildman–Crippen LogP) is 3.55. The predicted molar refractivity (Wildman–Crippen MR) is 117 cm³/mol. The number of oxazole rings is 1. The van der Waals surface area contributed by atoms with Crippen molar-refractivity contribution in [2.45, 2.75) is 33.9 Å². The fourth-order valence-electron chi connectivity index (χ4n) is 2.48. The number of nitrogens with one attached hydrogen (secondary N) is 3. The van der Waals surface area contributed by atoms with Crippen LogP contribution in [0.15, 0.2) is 45.9 Å². The van der Waals surface area contributed by atoms with Crippen LogP contribution in [0.5, 0.6) is 0 Å². The third-order valence-corrected chi connectivity index (χ3v) is 3.92. The number of H-pyrrole nitrogens is 1. The van der Waals surface area contributed by atoms with E-state index in [4.69, 9.17) is 4.42 Å². The van der Waals surface area contributed by atoms with Crippen LogP contribution in [0, 0.1) is 13.8 Å². The number of aryl methyl sites for hydroxylation is 2. The number of aromatic nitrogens is 3. The SMILES string of the molecule is CCNC(=NCc1ncc(-c2ccccc2)[nH]1)NCc1nc(C)c(C)o1.I. The second-order valence-corrected chi connectivity index (χ2v) is 5.91. The third kappa shape index (κ3) is 5.81. The largest absolute Gasteiger partial charge is 0.444 e. The minimum atomic E-state index is 0. The fraction of sp³-hybridized carbons (Fsp3) is 0.316. The zero-order valence-electron chi connectivity index (χ0n) is 15.7. The first-order valence-electron chi connectivity index (χ1n) is 8.70. The molecule has 0 saturated carbocycles. The summed E-state index contributed by atoms with van der Waals surface area (Å²) in [5, 5.41) is 6.44. The molecule has 8 heteroatoms. The summed E-state index contributed by atoms with van der Waals surface area (Å²) in [5.74, 6) is 2.99. The number of nitrogens with zero attached hydrogens (tertiary/aromatic N) is 3. The number of imidazole rings is 1. The Morgan fingerprint density at radius 1 is 1.19 bits per heavy atom. The molecule has 0 bridgehead atoms. The van der Waals surface area contributed by atoms with E-state index >= 15 is 0 Å². The molecule has 7 nitrogen and oxygen atoms in total. The smallest absolute Gasteiger partial charge is 0.214 e. The van der Waals surface area contributed by atoms with Crippen LogP contribution in [-0.2, 0) is 13.1 Å². The molecule has 0 radical (unpaired) electrons. The van der Waals surface area contributed by atoms with Crippen molar-refractivity contribution in [3.63, 3.8) is 0 Å². The van der Waals surface area contributed by atoms with Crippen LogP contribution < -0.4 is 10.6 Å². The zero-order chi connectivity index (χ0) is 18.4. The lowest BCUT2D eigenvalue weighted by atomic mass is 10.2. The molecule has 0 aliphatic rings. The fourth-order valence-corrected chi connectivity index (χ4v) is 2.48. The van der Waals surface area contributed by atoms with Crippen molar-refractivity contribution in [1.29, 1.82) is 0 Å². The Balaban J connectivity index is 0.00000261. The summed E-state index contributed by atoms with van der Waals surface area (Å²) < 4.78 is 5.58. The van der Waals surface area contributed by atoms with E-state index in [1.807, 2.05) is 57.3 Å². The highest BCUT2D eigenvalue weighted by Gasteiger charge is 2.07. The molecule has 144 valence electrons. The van der Waals surface area contributed by atoms with Crippen molar-refractivity contribution in [1.82, 2.24) is 25.6 Å². The summed E-state index contributed by atoms with van der Waals surface area (Å²) >= 11 is 0. The van der Waals surface area contributed by atoms with Gasteiger partial charge in [0.15, 0.2) is 5.96 Å². The summed E-state index contributed by atoms with van der Waals surface area (Å²) in [7, 11) is 0. The summed E-state index contributed by atoms with van der Waals surface area (Å²) in [6, 6.07) is 10.1. The van der Waals surface area contributed by atoms with Crippen molar-refractivity contribution < 1.29 is 4.42 Å². The lowest BCUT2D eigenvalue weighted by molar-refractivity contribution is 0.463. The molecular formula is C19H25IN6O. The minimum absolute atomic E-state index is 0. The molecule has 0 fully saturated rings. The first-order chi connectivity index (χ1) is 12.7. The van der Waals surface area contributed by atoms with E-state index in [0.717, 1.165) is 35.1 Å². The van der Waals surface area contributed by atoms with E-state index in [1.54, 1.807) is 0 Å². The Bertz CT molecular complexity index is 852. The maximum atomic E-state index is 5.58. The molecule has 2 heterocycles. The van der Waals surface area contributed by atoms with Crippen LogP contribution in [0.2, 0.25) is 0 Å². The molecule has 3 rings (SSSR count). The van der Waals surface area contributed by atoms with E-state index in [-0.39, 0.29) is 24.0 Å². The van der Waals surface area contributed by atoms with E-state index in [0.29, 0.717) is 24.9 Å². The average Bonchev–Trinajstić information content (AvgIpc) is 3.25. The number of benzene rings is 1. The molecule has 3 aromatic rings. The Hall–Kier alpha value is -2.36. The van der Waals surface area contributed by atoms with Gasteiger partial charge in [0.2, 0.25) is 5.89 Å². The van der Waals surface area contributed by atoms with Gasteiger partial charge in [0.1, 0.15) is 18.1 Å². The van der Waals surface area contributed by atoms with Crippen LogP contribution >= 0.6 is 24.0 Å².